The van der Waals surface area contributed by atoms with E-state index in [0.717, 1.165) is 0 Å². The second-order valence-corrected chi connectivity index (χ2v) is 5.19. The predicted molar refractivity (Wildman–Crippen MR) is 78.2 cm³/mol. The van der Waals surface area contributed by atoms with E-state index in [1.807, 2.05) is 6.92 Å². The molecule has 0 spiro atoms. The zero-order chi connectivity index (χ0) is 14.7. The Morgan fingerprint density at radius 1 is 1.35 bits per heavy atom. The van der Waals surface area contributed by atoms with Crippen molar-refractivity contribution in [3.8, 4) is 0 Å². The summed E-state index contributed by atoms with van der Waals surface area (Å²) in [5.41, 5.74) is 1.78. The Bertz CT molecular complexity index is 661. The van der Waals surface area contributed by atoms with Crippen molar-refractivity contribution in [3.05, 3.63) is 51.5 Å². The Morgan fingerprint density at radius 3 is 2.75 bits per heavy atom. The average molecular weight is 338 g/mol. The van der Waals surface area contributed by atoms with E-state index in [0.29, 0.717) is 27.8 Å². The van der Waals surface area contributed by atoms with Crippen LogP contribution in [0.4, 0.5) is 10.1 Å². The maximum Gasteiger partial charge on any atom is 0.257 e. The van der Waals surface area contributed by atoms with Gasteiger partial charge in [0.25, 0.3) is 5.91 Å². The zero-order valence-corrected chi connectivity index (χ0v) is 12.7. The molecule has 1 heterocycles. The second kappa shape index (κ2) is 6.09. The number of rotatable bonds is 3. The number of halogens is 2. The molecule has 0 bridgehead atoms. The summed E-state index contributed by atoms with van der Waals surface area (Å²) in [5, 5.41) is 10.5. The lowest BCUT2D eigenvalue weighted by molar-refractivity contribution is 0.102. The lowest BCUT2D eigenvalue weighted by Crippen LogP contribution is -2.17. The van der Waals surface area contributed by atoms with Gasteiger partial charge in [-0.25, -0.2) is 4.39 Å². The Hall–Kier alpha value is -1.82. The van der Waals surface area contributed by atoms with E-state index in [1.165, 1.54) is 12.1 Å². The Labute approximate surface area is 124 Å². The molecule has 6 heteroatoms. The fourth-order valence-corrected chi connectivity index (χ4v) is 2.09. The molecule has 1 N–H and O–H groups in total. The summed E-state index contributed by atoms with van der Waals surface area (Å²) in [6.45, 7) is 3.64. The van der Waals surface area contributed by atoms with Gasteiger partial charge in [0.2, 0.25) is 0 Å². The molecular weight excluding hydrogens is 325 g/mol. The molecule has 0 aliphatic rings. The van der Waals surface area contributed by atoms with Crippen molar-refractivity contribution in [1.29, 1.82) is 0 Å². The van der Waals surface area contributed by atoms with Gasteiger partial charge in [-0.2, -0.15) is 10.2 Å². The Morgan fingerprint density at radius 2 is 2.10 bits per heavy atom. The Kier molecular flexibility index (Phi) is 4.44. The number of hydrogen-bond acceptors (Lipinski definition) is 3. The first kappa shape index (κ1) is 14.6. The number of amides is 1. The third-order valence-corrected chi connectivity index (χ3v) is 3.24. The summed E-state index contributed by atoms with van der Waals surface area (Å²) >= 11 is 3.17. The molecule has 1 amide bonds. The minimum Gasteiger partial charge on any atom is -0.319 e. The highest BCUT2D eigenvalue weighted by molar-refractivity contribution is 9.10. The molecule has 0 saturated carbocycles. The number of aromatic nitrogens is 2. The van der Waals surface area contributed by atoms with Gasteiger partial charge in [-0.3, -0.25) is 4.79 Å². The first-order chi connectivity index (χ1) is 9.51. The molecule has 20 heavy (non-hydrogen) atoms. The molecular formula is C14H13BrFN3O. The van der Waals surface area contributed by atoms with Crippen molar-refractivity contribution in [2.45, 2.75) is 20.3 Å². The molecule has 4 nitrogen and oxygen atoms in total. The average Bonchev–Trinajstić information content (AvgIpc) is 2.41. The molecule has 0 atom stereocenters. The Balaban J connectivity index is 2.30. The number of hydrogen-bond donors (Lipinski definition) is 1. The summed E-state index contributed by atoms with van der Waals surface area (Å²) < 4.78 is 14.3. The number of benzene rings is 1. The van der Waals surface area contributed by atoms with E-state index in [2.05, 4.69) is 31.4 Å². The zero-order valence-electron chi connectivity index (χ0n) is 11.1. The first-order valence-corrected chi connectivity index (χ1v) is 6.90. The van der Waals surface area contributed by atoms with Crippen molar-refractivity contribution < 1.29 is 9.18 Å². The number of nitrogens with one attached hydrogen (secondary N) is 1. The van der Waals surface area contributed by atoms with Gasteiger partial charge < -0.3 is 5.32 Å². The van der Waals surface area contributed by atoms with E-state index >= 15 is 0 Å². The van der Waals surface area contributed by atoms with Crippen LogP contribution in [0, 0.1) is 12.7 Å². The van der Waals surface area contributed by atoms with Gasteiger partial charge in [-0.05, 0) is 37.6 Å². The lowest BCUT2D eigenvalue weighted by atomic mass is 10.1. The van der Waals surface area contributed by atoms with E-state index in [9.17, 15) is 9.18 Å². The molecule has 0 fully saturated rings. The van der Waals surface area contributed by atoms with Gasteiger partial charge in [0.1, 0.15) is 5.82 Å². The van der Waals surface area contributed by atoms with E-state index < -0.39 is 5.82 Å². The highest BCUT2D eigenvalue weighted by atomic mass is 79.9. The molecule has 104 valence electrons. The van der Waals surface area contributed by atoms with Crippen molar-refractivity contribution in [2.24, 2.45) is 0 Å². The van der Waals surface area contributed by atoms with Crippen LogP contribution < -0.4 is 5.32 Å². The topological polar surface area (TPSA) is 54.9 Å². The number of nitrogens with zero attached hydrogens (tertiary/aromatic N) is 2. The van der Waals surface area contributed by atoms with Crippen molar-refractivity contribution in [1.82, 2.24) is 10.2 Å². The van der Waals surface area contributed by atoms with Crippen molar-refractivity contribution in [3.63, 3.8) is 0 Å². The quantitative estimate of drug-likeness (QED) is 0.932. The molecule has 0 unspecified atom stereocenters. The number of anilines is 1. The number of carbonyl (C=O) groups is 1. The molecule has 0 aliphatic heterocycles. The molecule has 0 radical (unpaired) electrons. The third kappa shape index (κ3) is 3.19. The minimum atomic E-state index is -0.496. The van der Waals surface area contributed by atoms with Crippen LogP contribution in [0.5, 0.6) is 0 Å². The second-order valence-electron chi connectivity index (χ2n) is 4.28. The fourth-order valence-electron chi connectivity index (χ4n) is 1.75. The van der Waals surface area contributed by atoms with Gasteiger partial charge in [0.15, 0.2) is 0 Å². The van der Waals surface area contributed by atoms with Crippen LogP contribution >= 0.6 is 15.9 Å². The highest BCUT2D eigenvalue weighted by Gasteiger charge is 2.14. The molecule has 1 aromatic heterocycles. The van der Waals surface area contributed by atoms with Gasteiger partial charge >= 0.3 is 0 Å². The van der Waals surface area contributed by atoms with E-state index in [1.54, 1.807) is 19.1 Å². The number of carbonyl (C=O) groups excluding carboxylic acids is 1. The smallest absolute Gasteiger partial charge is 0.257 e. The third-order valence-electron chi connectivity index (χ3n) is 2.75. The van der Waals surface area contributed by atoms with Gasteiger partial charge in [0.05, 0.1) is 22.6 Å². The SMILES string of the molecule is CCc1nnc(C)cc1C(=O)Nc1ccc(Br)cc1F. The standard InChI is InChI=1S/C14H13BrFN3O/c1-3-12-10(6-8(2)18-19-12)14(20)17-13-5-4-9(15)7-11(13)16/h4-7H,3H2,1-2H3,(H,17,20). The monoisotopic (exact) mass is 337 g/mol. The van der Waals surface area contributed by atoms with Crippen LogP contribution in [-0.4, -0.2) is 16.1 Å². The van der Waals surface area contributed by atoms with Gasteiger partial charge in [-0.1, -0.05) is 22.9 Å². The van der Waals surface area contributed by atoms with Crippen LogP contribution in [0.15, 0.2) is 28.7 Å². The summed E-state index contributed by atoms with van der Waals surface area (Å²) in [5.74, 6) is -0.884. The maximum atomic E-state index is 13.7. The predicted octanol–water partition coefficient (Wildman–Crippen LogP) is 3.50. The van der Waals surface area contributed by atoms with E-state index in [4.69, 9.17) is 0 Å². The van der Waals surface area contributed by atoms with E-state index in [-0.39, 0.29) is 11.6 Å². The minimum absolute atomic E-state index is 0.134. The normalized spacial score (nSPS) is 10.4. The lowest BCUT2D eigenvalue weighted by Gasteiger charge is -2.09. The summed E-state index contributed by atoms with van der Waals surface area (Å²) in [4.78, 5) is 12.2. The number of aryl methyl sites for hydroxylation is 2. The summed E-state index contributed by atoms with van der Waals surface area (Å²) in [6.07, 6.45) is 0.582. The van der Waals surface area contributed by atoms with Crippen LogP contribution in [0.1, 0.15) is 28.7 Å². The maximum absolute atomic E-state index is 13.7. The van der Waals surface area contributed by atoms with Crippen LogP contribution in [0.25, 0.3) is 0 Å². The van der Waals surface area contributed by atoms with Gasteiger partial charge in [0, 0.05) is 4.47 Å². The molecule has 2 aromatic rings. The largest absolute Gasteiger partial charge is 0.319 e. The highest BCUT2D eigenvalue weighted by Crippen LogP contribution is 2.20. The van der Waals surface area contributed by atoms with Crippen LogP contribution in [-0.2, 0) is 6.42 Å². The molecule has 2 rings (SSSR count). The molecule has 0 saturated heterocycles. The van der Waals surface area contributed by atoms with Crippen LogP contribution in [0.3, 0.4) is 0 Å². The first-order valence-electron chi connectivity index (χ1n) is 6.11. The fraction of sp³-hybridized carbons (Fsp3) is 0.214. The van der Waals surface area contributed by atoms with Gasteiger partial charge in [-0.15, -0.1) is 0 Å². The summed E-state index contributed by atoms with van der Waals surface area (Å²) in [7, 11) is 0. The molecule has 0 aliphatic carbocycles. The van der Waals surface area contributed by atoms with Crippen molar-refractivity contribution >= 4 is 27.5 Å². The summed E-state index contributed by atoms with van der Waals surface area (Å²) in [6, 6.07) is 6.12. The van der Waals surface area contributed by atoms with Crippen molar-refractivity contribution in [2.75, 3.05) is 5.32 Å². The molecule has 1 aromatic carbocycles. The van der Waals surface area contributed by atoms with Crippen LogP contribution in [0.2, 0.25) is 0 Å².